The van der Waals surface area contributed by atoms with Crippen molar-refractivity contribution >= 4 is 34.0 Å². The van der Waals surface area contributed by atoms with Gasteiger partial charge in [-0.2, -0.15) is 0 Å². The van der Waals surface area contributed by atoms with Crippen LogP contribution in [0.25, 0.3) is 10.8 Å². The van der Waals surface area contributed by atoms with Crippen LogP contribution in [-0.4, -0.2) is 46.8 Å². The molecule has 1 aliphatic heterocycles. The number of aromatic amines is 1. The van der Waals surface area contributed by atoms with Crippen LogP contribution in [0.3, 0.4) is 0 Å². The molecule has 4 rings (SSSR count). The van der Waals surface area contributed by atoms with Gasteiger partial charge in [0.25, 0.3) is 11.1 Å². The second kappa shape index (κ2) is 7.52. The molecule has 0 bridgehead atoms. The largest absolute Gasteiger partial charge is 0.368 e. The lowest BCUT2D eigenvalue weighted by Crippen LogP contribution is -2.50. The summed E-state index contributed by atoms with van der Waals surface area (Å²) in [4.78, 5) is 41.3. The number of benzene rings is 2. The maximum atomic E-state index is 12.7. The molecule has 0 spiro atoms. The van der Waals surface area contributed by atoms with Gasteiger partial charge in [-0.05, 0) is 30.3 Å². The molecule has 0 radical (unpaired) electrons. The van der Waals surface area contributed by atoms with E-state index in [0.29, 0.717) is 42.0 Å². The molecule has 3 aromatic rings. The Bertz CT molecular complexity index is 1150. The number of nitrogens with one attached hydrogen (secondary N) is 1. The summed E-state index contributed by atoms with van der Waals surface area (Å²) in [5, 5.41) is 3.82. The molecule has 1 amide bonds. The van der Waals surface area contributed by atoms with Crippen LogP contribution in [0.2, 0.25) is 5.02 Å². The maximum absolute atomic E-state index is 12.7. The van der Waals surface area contributed by atoms with E-state index in [-0.39, 0.29) is 23.6 Å². The molecule has 0 unspecified atom stereocenters. The van der Waals surface area contributed by atoms with E-state index in [1.54, 1.807) is 29.2 Å². The Hall–Kier alpha value is -3.06. The van der Waals surface area contributed by atoms with Crippen molar-refractivity contribution < 1.29 is 4.79 Å². The van der Waals surface area contributed by atoms with E-state index < -0.39 is 0 Å². The number of carbonyl (C=O) groups excluding carboxylic acids is 1. The topological polar surface area (TPSA) is 78.4 Å². The fourth-order valence-electron chi connectivity index (χ4n) is 3.48. The van der Waals surface area contributed by atoms with Crippen molar-refractivity contribution in [3.05, 3.63) is 74.3 Å². The molecule has 8 heteroatoms. The van der Waals surface area contributed by atoms with Crippen molar-refractivity contribution in [1.82, 2.24) is 14.7 Å². The first-order valence-electron chi connectivity index (χ1n) is 9.03. The first kappa shape index (κ1) is 18.3. The zero-order chi connectivity index (χ0) is 19.7. The summed E-state index contributed by atoms with van der Waals surface area (Å²) in [6, 6.07) is 14.2. The lowest BCUT2D eigenvalue weighted by molar-refractivity contribution is -0.132. The summed E-state index contributed by atoms with van der Waals surface area (Å²) < 4.78 is 1.09. The number of piperazine rings is 1. The van der Waals surface area contributed by atoms with Gasteiger partial charge in [0.05, 0.1) is 10.8 Å². The van der Waals surface area contributed by atoms with Crippen LogP contribution in [0.5, 0.6) is 0 Å². The molecule has 0 atom stereocenters. The van der Waals surface area contributed by atoms with Gasteiger partial charge in [-0.1, -0.05) is 29.8 Å². The van der Waals surface area contributed by atoms with Crippen molar-refractivity contribution in [3.63, 3.8) is 0 Å². The maximum Gasteiger partial charge on any atom is 0.273 e. The third-order valence-corrected chi connectivity index (χ3v) is 5.22. The number of aromatic nitrogens is 2. The lowest BCUT2D eigenvalue weighted by Gasteiger charge is -2.36. The number of fused-ring (bicyclic) bond motifs is 1. The minimum absolute atomic E-state index is 0.184. The molecular formula is C20H19ClN4O3. The highest BCUT2D eigenvalue weighted by atomic mass is 35.5. The predicted octanol–water partition coefficient (Wildman–Crippen LogP) is 1.69. The first-order chi connectivity index (χ1) is 13.5. The number of rotatable bonds is 3. The summed E-state index contributed by atoms with van der Waals surface area (Å²) in [5.74, 6) is -0.196. The van der Waals surface area contributed by atoms with Gasteiger partial charge in [-0.3, -0.25) is 19.5 Å². The van der Waals surface area contributed by atoms with Crippen LogP contribution in [0.4, 0.5) is 5.69 Å². The van der Waals surface area contributed by atoms with Gasteiger partial charge < -0.3 is 9.80 Å². The molecule has 1 aromatic heterocycles. The van der Waals surface area contributed by atoms with E-state index in [9.17, 15) is 14.4 Å². The van der Waals surface area contributed by atoms with E-state index in [1.807, 2.05) is 24.3 Å². The SMILES string of the molecule is O=C(Cn1[nH]c(=O)c2ccccc2c1=O)N1CCN(c2cccc(Cl)c2)CC1. The van der Waals surface area contributed by atoms with Gasteiger partial charge in [0.2, 0.25) is 5.91 Å². The Morgan fingerprint density at radius 1 is 0.964 bits per heavy atom. The number of carbonyl (C=O) groups is 1. The fraction of sp³-hybridized carbons (Fsp3) is 0.250. The molecule has 1 N–H and O–H groups in total. The average molecular weight is 399 g/mol. The minimum atomic E-state index is -0.381. The zero-order valence-electron chi connectivity index (χ0n) is 15.1. The van der Waals surface area contributed by atoms with Crippen LogP contribution in [0, 0.1) is 0 Å². The monoisotopic (exact) mass is 398 g/mol. The summed E-state index contributed by atoms with van der Waals surface area (Å²) in [6.45, 7) is 2.25. The number of hydrogen-bond donors (Lipinski definition) is 1. The van der Waals surface area contributed by atoms with Gasteiger partial charge in [0.15, 0.2) is 0 Å². The van der Waals surface area contributed by atoms with Crippen molar-refractivity contribution in [3.8, 4) is 0 Å². The molecule has 1 fully saturated rings. The highest BCUT2D eigenvalue weighted by molar-refractivity contribution is 6.30. The second-order valence-corrected chi connectivity index (χ2v) is 7.16. The Kier molecular flexibility index (Phi) is 4.92. The highest BCUT2D eigenvalue weighted by Gasteiger charge is 2.22. The summed E-state index contributed by atoms with van der Waals surface area (Å²) in [6.07, 6.45) is 0. The predicted molar refractivity (Wildman–Crippen MR) is 109 cm³/mol. The van der Waals surface area contributed by atoms with Crippen molar-refractivity contribution in [2.75, 3.05) is 31.1 Å². The summed E-state index contributed by atoms with van der Waals surface area (Å²) >= 11 is 6.05. The summed E-state index contributed by atoms with van der Waals surface area (Å²) in [5.41, 5.74) is 0.268. The fourth-order valence-corrected chi connectivity index (χ4v) is 3.66. The van der Waals surface area contributed by atoms with Crippen molar-refractivity contribution in [2.24, 2.45) is 0 Å². The quantitative estimate of drug-likeness (QED) is 0.728. The third kappa shape index (κ3) is 3.53. The number of H-pyrrole nitrogens is 1. The van der Waals surface area contributed by atoms with Gasteiger partial charge in [0, 0.05) is 36.9 Å². The van der Waals surface area contributed by atoms with Crippen LogP contribution < -0.4 is 16.0 Å². The molecular weight excluding hydrogens is 380 g/mol. The zero-order valence-corrected chi connectivity index (χ0v) is 15.9. The lowest BCUT2D eigenvalue weighted by atomic mass is 10.2. The van der Waals surface area contributed by atoms with Gasteiger partial charge in [-0.25, -0.2) is 4.68 Å². The first-order valence-corrected chi connectivity index (χ1v) is 9.41. The molecule has 144 valence electrons. The van der Waals surface area contributed by atoms with E-state index in [0.717, 1.165) is 10.4 Å². The Labute approximate surface area is 165 Å². The standard InChI is InChI=1S/C20H19ClN4O3/c21-14-4-3-5-15(12-14)23-8-10-24(11-9-23)18(26)13-25-20(28)17-7-2-1-6-16(17)19(27)22-25/h1-7,12H,8-11,13H2,(H,22,27). The molecule has 2 heterocycles. The number of halogens is 1. The Morgan fingerprint density at radius 2 is 1.68 bits per heavy atom. The minimum Gasteiger partial charge on any atom is -0.368 e. The molecule has 2 aromatic carbocycles. The number of anilines is 1. The highest BCUT2D eigenvalue weighted by Crippen LogP contribution is 2.20. The Morgan fingerprint density at radius 3 is 2.39 bits per heavy atom. The smallest absolute Gasteiger partial charge is 0.273 e. The van der Waals surface area contributed by atoms with Crippen LogP contribution >= 0.6 is 11.6 Å². The molecule has 28 heavy (non-hydrogen) atoms. The summed E-state index contributed by atoms with van der Waals surface area (Å²) in [7, 11) is 0. The van der Waals surface area contributed by atoms with Gasteiger partial charge in [-0.15, -0.1) is 0 Å². The average Bonchev–Trinajstić information content (AvgIpc) is 2.72. The van der Waals surface area contributed by atoms with Crippen LogP contribution in [0.1, 0.15) is 0 Å². The van der Waals surface area contributed by atoms with Crippen LogP contribution in [-0.2, 0) is 11.3 Å². The number of amides is 1. The van der Waals surface area contributed by atoms with Crippen LogP contribution in [0.15, 0.2) is 58.1 Å². The molecule has 7 nitrogen and oxygen atoms in total. The van der Waals surface area contributed by atoms with Gasteiger partial charge in [0.1, 0.15) is 6.54 Å². The van der Waals surface area contributed by atoms with E-state index >= 15 is 0 Å². The normalized spacial score (nSPS) is 14.5. The molecule has 1 aliphatic rings. The van der Waals surface area contributed by atoms with E-state index in [2.05, 4.69) is 10.00 Å². The Balaban J connectivity index is 1.47. The van der Waals surface area contributed by atoms with E-state index in [4.69, 9.17) is 11.6 Å². The number of nitrogens with zero attached hydrogens (tertiary/aromatic N) is 3. The molecule has 0 saturated carbocycles. The van der Waals surface area contributed by atoms with E-state index in [1.165, 1.54) is 0 Å². The van der Waals surface area contributed by atoms with Crippen molar-refractivity contribution in [2.45, 2.75) is 6.54 Å². The molecule has 1 saturated heterocycles. The number of hydrogen-bond acceptors (Lipinski definition) is 4. The van der Waals surface area contributed by atoms with Gasteiger partial charge >= 0.3 is 0 Å². The van der Waals surface area contributed by atoms with Crippen molar-refractivity contribution in [1.29, 1.82) is 0 Å². The second-order valence-electron chi connectivity index (χ2n) is 6.73. The third-order valence-electron chi connectivity index (χ3n) is 4.98. The molecule has 0 aliphatic carbocycles.